The Bertz CT molecular complexity index is 695. The molecule has 8 nitrogen and oxygen atoms in total. The fourth-order valence-electron chi connectivity index (χ4n) is 1.64. The molecule has 0 bridgehead atoms. The first-order chi connectivity index (χ1) is 10.3. The van der Waals surface area contributed by atoms with E-state index in [1.54, 1.807) is 6.92 Å². The molecule has 0 spiro atoms. The van der Waals surface area contributed by atoms with Crippen molar-refractivity contribution in [3.8, 4) is 11.9 Å². The van der Waals surface area contributed by atoms with Crippen LogP contribution >= 0.6 is 0 Å². The van der Waals surface area contributed by atoms with Gasteiger partial charge in [0.25, 0.3) is 5.91 Å². The summed E-state index contributed by atoms with van der Waals surface area (Å²) in [5.41, 5.74) is 5.90. The van der Waals surface area contributed by atoms with Crippen molar-refractivity contribution < 1.29 is 17.9 Å². The Balaban J connectivity index is 2.80. The third-order valence-electron chi connectivity index (χ3n) is 2.62. The van der Waals surface area contributed by atoms with Crippen LogP contribution in [0.15, 0.2) is 6.07 Å². The molecule has 0 aliphatic carbocycles. The molecule has 0 radical (unpaired) electrons. The van der Waals surface area contributed by atoms with Gasteiger partial charge in [0.1, 0.15) is 27.2 Å². The molecule has 1 aromatic heterocycles. The Morgan fingerprint density at radius 2 is 2.23 bits per heavy atom. The maximum atomic E-state index is 12.0. The molecule has 0 unspecified atom stereocenters. The van der Waals surface area contributed by atoms with Gasteiger partial charge in [-0.3, -0.25) is 4.79 Å². The number of nitrogens with one attached hydrogen (secondary N) is 1. The van der Waals surface area contributed by atoms with Gasteiger partial charge in [0, 0.05) is 12.8 Å². The molecule has 22 heavy (non-hydrogen) atoms. The summed E-state index contributed by atoms with van der Waals surface area (Å²) in [5, 5.41) is 11.5. The second-order valence-corrected chi connectivity index (χ2v) is 6.82. The number of nitrogens with two attached hydrogens (primary N) is 1. The number of nitriles is 1. The lowest BCUT2D eigenvalue weighted by atomic mass is 10.2. The molecular formula is C13H18N4O4S. The minimum absolute atomic E-state index is 0.00582. The smallest absolute Gasteiger partial charge is 0.270 e. The van der Waals surface area contributed by atoms with Crippen LogP contribution in [0.1, 0.15) is 29.4 Å². The molecule has 0 aromatic carbocycles. The summed E-state index contributed by atoms with van der Waals surface area (Å²) >= 11 is 0. The molecule has 3 N–H and O–H groups in total. The van der Waals surface area contributed by atoms with E-state index < -0.39 is 15.7 Å². The number of anilines is 1. The zero-order chi connectivity index (χ0) is 16.8. The predicted molar refractivity (Wildman–Crippen MR) is 81.2 cm³/mol. The molecule has 0 fully saturated rings. The number of amides is 1. The van der Waals surface area contributed by atoms with Crippen molar-refractivity contribution in [3.05, 3.63) is 17.3 Å². The van der Waals surface area contributed by atoms with E-state index in [4.69, 9.17) is 15.7 Å². The zero-order valence-electron chi connectivity index (χ0n) is 12.4. The number of hydrogen-bond donors (Lipinski definition) is 2. The van der Waals surface area contributed by atoms with Gasteiger partial charge in [-0.05, 0) is 19.4 Å². The van der Waals surface area contributed by atoms with E-state index in [1.807, 2.05) is 6.07 Å². The van der Waals surface area contributed by atoms with Gasteiger partial charge < -0.3 is 15.8 Å². The normalized spacial score (nSPS) is 10.8. The number of nitrogens with zero attached hydrogens (tertiary/aromatic N) is 2. The van der Waals surface area contributed by atoms with Gasteiger partial charge in [0.2, 0.25) is 5.88 Å². The Hall–Kier alpha value is -2.34. The second-order valence-electron chi connectivity index (χ2n) is 4.56. The molecule has 1 aromatic rings. The highest BCUT2D eigenvalue weighted by Gasteiger charge is 2.16. The third-order valence-corrected chi connectivity index (χ3v) is 3.65. The van der Waals surface area contributed by atoms with Crippen LogP contribution in [0.3, 0.4) is 0 Å². The van der Waals surface area contributed by atoms with Crippen LogP contribution in [0.2, 0.25) is 0 Å². The molecule has 0 atom stereocenters. The van der Waals surface area contributed by atoms with E-state index >= 15 is 0 Å². The average Bonchev–Trinajstić information content (AvgIpc) is 2.42. The van der Waals surface area contributed by atoms with Gasteiger partial charge in [-0.1, -0.05) is 0 Å². The van der Waals surface area contributed by atoms with E-state index in [1.165, 1.54) is 6.07 Å². The van der Waals surface area contributed by atoms with E-state index in [2.05, 4.69) is 10.3 Å². The molecule has 1 rings (SSSR count). The number of rotatable bonds is 7. The molecule has 9 heteroatoms. The summed E-state index contributed by atoms with van der Waals surface area (Å²) in [6.45, 7) is 2.19. The number of ether oxygens (including phenoxy) is 1. The lowest BCUT2D eigenvalue weighted by Gasteiger charge is -2.10. The average molecular weight is 326 g/mol. The number of hydrogen-bond acceptors (Lipinski definition) is 7. The molecule has 1 heterocycles. The molecule has 0 saturated carbocycles. The number of aromatic nitrogens is 1. The van der Waals surface area contributed by atoms with Gasteiger partial charge >= 0.3 is 0 Å². The van der Waals surface area contributed by atoms with Crippen molar-refractivity contribution in [3.63, 3.8) is 0 Å². The first kappa shape index (κ1) is 17.7. The number of carbonyl (C=O) groups is 1. The van der Waals surface area contributed by atoms with E-state index in [9.17, 15) is 13.2 Å². The van der Waals surface area contributed by atoms with Gasteiger partial charge in [0.05, 0.1) is 18.0 Å². The molecule has 0 aliphatic rings. The van der Waals surface area contributed by atoms with Crippen LogP contribution in [0.4, 0.5) is 5.69 Å². The second kappa shape index (κ2) is 7.61. The Morgan fingerprint density at radius 1 is 1.55 bits per heavy atom. The van der Waals surface area contributed by atoms with Crippen LogP contribution in [0.25, 0.3) is 0 Å². The van der Waals surface area contributed by atoms with Crippen LogP contribution in [0.5, 0.6) is 5.88 Å². The molecule has 0 aliphatic heterocycles. The minimum Gasteiger partial charge on any atom is -0.477 e. The summed E-state index contributed by atoms with van der Waals surface area (Å²) in [5.74, 6) is -0.516. The summed E-state index contributed by atoms with van der Waals surface area (Å²) in [6, 6.07) is 3.16. The Labute approximate surface area is 129 Å². The Morgan fingerprint density at radius 3 is 2.77 bits per heavy atom. The van der Waals surface area contributed by atoms with Crippen molar-refractivity contribution in [2.75, 3.05) is 30.9 Å². The number of pyridine rings is 1. The summed E-state index contributed by atoms with van der Waals surface area (Å²) in [4.78, 5) is 15.9. The zero-order valence-corrected chi connectivity index (χ0v) is 13.2. The van der Waals surface area contributed by atoms with E-state index in [0.29, 0.717) is 6.42 Å². The van der Waals surface area contributed by atoms with Gasteiger partial charge in [-0.25, -0.2) is 13.4 Å². The maximum absolute atomic E-state index is 12.0. The third kappa shape index (κ3) is 5.21. The van der Waals surface area contributed by atoms with Crippen LogP contribution in [-0.4, -0.2) is 44.5 Å². The fraction of sp³-hybridized carbons (Fsp3) is 0.462. The monoisotopic (exact) mass is 326 g/mol. The van der Waals surface area contributed by atoms with Crippen LogP contribution in [0, 0.1) is 11.3 Å². The first-order valence-electron chi connectivity index (χ1n) is 6.57. The maximum Gasteiger partial charge on any atom is 0.270 e. The van der Waals surface area contributed by atoms with Crippen LogP contribution in [-0.2, 0) is 9.84 Å². The highest BCUT2D eigenvalue weighted by atomic mass is 32.2. The molecule has 0 saturated heterocycles. The molecular weight excluding hydrogens is 308 g/mol. The van der Waals surface area contributed by atoms with Gasteiger partial charge in [-0.2, -0.15) is 5.26 Å². The van der Waals surface area contributed by atoms with Crippen molar-refractivity contribution in [1.29, 1.82) is 5.26 Å². The number of sulfone groups is 1. The van der Waals surface area contributed by atoms with Crippen molar-refractivity contribution >= 4 is 21.4 Å². The lowest BCUT2D eigenvalue weighted by Crippen LogP contribution is -2.27. The highest BCUT2D eigenvalue weighted by Crippen LogP contribution is 2.22. The van der Waals surface area contributed by atoms with Crippen LogP contribution < -0.4 is 15.8 Å². The topological polar surface area (TPSA) is 135 Å². The number of carbonyl (C=O) groups excluding carboxylic acids is 1. The fourth-order valence-corrected chi connectivity index (χ4v) is 2.31. The largest absolute Gasteiger partial charge is 0.477 e. The van der Waals surface area contributed by atoms with Crippen molar-refractivity contribution in [2.24, 2.45) is 0 Å². The molecule has 120 valence electrons. The highest BCUT2D eigenvalue weighted by molar-refractivity contribution is 7.90. The lowest BCUT2D eigenvalue weighted by molar-refractivity contribution is 0.0947. The molecule has 1 amide bonds. The standard InChI is InChI=1S/C13H18N4O4S/c1-3-21-13-9(8-14)10(15)7-11(17-13)12(18)16-5-4-6-22(2,19)20/h7H,3-6H2,1-2H3,(H2,15,17)(H,16,18). The van der Waals surface area contributed by atoms with E-state index in [-0.39, 0.29) is 41.7 Å². The van der Waals surface area contributed by atoms with Gasteiger partial charge in [-0.15, -0.1) is 0 Å². The minimum atomic E-state index is -3.06. The van der Waals surface area contributed by atoms with Crippen molar-refractivity contribution in [2.45, 2.75) is 13.3 Å². The first-order valence-corrected chi connectivity index (χ1v) is 8.64. The summed E-state index contributed by atoms with van der Waals surface area (Å²) < 4.78 is 27.2. The SMILES string of the molecule is CCOc1nc(C(=O)NCCCS(C)(=O)=O)cc(N)c1C#N. The van der Waals surface area contributed by atoms with E-state index in [0.717, 1.165) is 6.26 Å². The Kier molecular flexibility index (Phi) is 6.12. The van der Waals surface area contributed by atoms with Gasteiger partial charge in [0.15, 0.2) is 0 Å². The summed E-state index contributed by atoms with van der Waals surface area (Å²) in [6.07, 6.45) is 1.43. The quantitative estimate of drug-likeness (QED) is 0.678. The predicted octanol–water partition coefficient (Wildman–Crippen LogP) is 0.0987. The summed E-state index contributed by atoms with van der Waals surface area (Å²) in [7, 11) is -3.06. The van der Waals surface area contributed by atoms with Crippen molar-refractivity contribution in [1.82, 2.24) is 10.3 Å². The number of nitrogen functional groups attached to an aromatic ring is 1.